The molecule has 1 aromatic heterocycles. The fourth-order valence-electron chi connectivity index (χ4n) is 2.53. The second-order valence-corrected chi connectivity index (χ2v) is 6.26. The molecule has 0 atom stereocenters. The number of nitrogens with zero attached hydrogens (tertiary/aromatic N) is 1. The number of anilines is 1. The van der Waals surface area contributed by atoms with Crippen LogP contribution in [0.1, 0.15) is 10.4 Å². The lowest BCUT2D eigenvalue weighted by molar-refractivity contribution is 0.102. The van der Waals surface area contributed by atoms with Crippen LogP contribution in [0.25, 0.3) is 11.3 Å². The number of phenolic OH excluding ortho intramolecular Hbond substituents is 1. The lowest BCUT2D eigenvalue weighted by atomic mass is 10.1. The Hall–Kier alpha value is -3.00. The maximum Gasteiger partial charge on any atom is 0.259 e. The number of rotatable bonds is 3. The fraction of sp³-hybridized carbons (Fsp3) is 0.0588. The molecule has 2 aromatic carbocycles. The van der Waals surface area contributed by atoms with Crippen molar-refractivity contribution in [3.63, 3.8) is 0 Å². The Labute approximate surface area is 150 Å². The molecule has 3 aromatic rings. The zero-order chi connectivity index (χ0) is 17.4. The molecule has 7 nitrogen and oxygen atoms in total. The molecule has 2 heterocycles. The summed E-state index contributed by atoms with van der Waals surface area (Å²) < 4.78 is 11.4. The molecular formula is C17H12BrN3O4. The van der Waals surface area contributed by atoms with Crippen molar-refractivity contribution in [2.24, 2.45) is 0 Å². The van der Waals surface area contributed by atoms with E-state index in [0.717, 1.165) is 5.56 Å². The Morgan fingerprint density at radius 2 is 2.04 bits per heavy atom. The van der Waals surface area contributed by atoms with E-state index in [1.807, 2.05) is 6.07 Å². The van der Waals surface area contributed by atoms with Crippen LogP contribution in [0, 0.1) is 0 Å². The minimum atomic E-state index is -0.390. The molecule has 0 saturated heterocycles. The van der Waals surface area contributed by atoms with E-state index in [-0.39, 0.29) is 18.4 Å². The Balaban J connectivity index is 1.64. The van der Waals surface area contributed by atoms with Crippen molar-refractivity contribution in [3.05, 3.63) is 52.6 Å². The van der Waals surface area contributed by atoms with E-state index in [1.54, 1.807) is 24.3 Å². The number of aromatic amines is 1. The van der Waals surface area contributed by atoms with Crippen LogP contribution in [0.3, 0.4) is 0 Å². The van der Waals surface area contributed by atoms with Crippen LogP contribution in [-0.2, 0) is 0 Å². The van der Waals surface area contributed by atoms with Crippen LogP contribution in [0.5, 0.6) is 17.2 Å². The highest BCUT2D eigenvalue weighted by atomic mass is 79.9. The minimum Gasteiger partial charge on any atom is -0.506 e. The van der Waals surface area contributed by atoms with E-state index in [9.17, 15) is 9.90 Å². The second kappa shape index (κ2) is 6.14. The Kier molecular flexibility index (Phi) is 3.81. The van der Waals surface area contributed by atoms with Gasteiger partial charge in [-0.25, -0.2) is 0 Å². The number of phenols is 1. The lowest BCUT2D eigenvalue weighted by Gasteiger charge is -2.08. The molecule has 0 bridgehead atoms. The van der Waals surface area contributed by atoms with Crippen molar-refractivity contribution in [2.45, 2.75) is 0 Å². The lowest BCUT2D eigenvalue weighted by Crippen LogP contribution is -2.12. The number of carbonyl (C=O) groups is 1. The average molecular weight is 402 g/mol. The molecule has 3 N–H and O–H groups in total. The standard InChI is InChI=1S/C17H12BrN3O4/c18-10-2-3-12(13(22)6-10)20-17(23)11-7-19-21-16(11)9-1-4-14-15(5-9)25-8-24-14/h1-7,22H,8H2,(H,19,21)(H,20,23). The molecular weight excluding hydrogens is 390 g/mol. The first kappa shape index (κ1) is 15.5. The molecule has 1 amide bonds. The second-order valence-electron chi connectivity index (χ2n) is 5.34. The predicted octanol–water partition coefficient (Wildman–Crippen LogP) is 3.53. The largest absolute Gasteiger partial charge is 0.506 e. The highest BCUT2D eigenvalue weighted by molar-refractivity contribution is 9.10. The minimum absolute atomic E-state index is 0.0316. The highest BCUT2D eigenvalue weighted by Crippen LogP contribution is 2.36. The first-order chi connectivity index (χ1) is 12.1. The quantitative estimate of drug-likeness (QED) is 0.583. The van der Waals surface area contributed by atoms with Crippen LogP contribution in [0.2, 0.25) is 0 Å². The molecule has 0 aliphatic carbocycles. The molecule has 1 aliphatic heterocycles. The topological polar surface area (TPSA) is 96.5 Å². The summed E-state index contributed by atoms with van der Waals surface area (Å²) in [6, 6.07) is 10.2. The van der Waals surface area contributed by atoms with Crippen LogP contribution in [0.15, 0.2) is 47.1 Å². The fourth-order valence-corrected chi connectivity index (χ4v) is 2.88. The van der Waals surface area contributed by atoms with Crippen molar-refractivity contribution in [2.75, 3.05) is 12.1 Å². The zero-order valence-electron chi connectivity index (χ0n) is 12.7. The van der Waals surface area contributed by atoms with Gasteiger partial charge in [0, 0.05) is 10.0 Å². The summed E-state index contributed by atoms with van der Waals surface area (Å²) in [5.74, 6) is 0.855. The van der Waals surface area contributed by atoms with Gasteiger partial charge in [-0.3, -0.25) is 9.89 Å². The van der Waals surface area contributed by atoms with E-state index in [4.69, 9.17) is 9.47 Å². The number of aromatic nitrogens is 2. The van der Waals surface area contributed by atoms with Crippen molar-refractivity contribution >= 4 is 27.5 Å². The SMILES string of the molecule is O=C(Nc1ccc(Br)cc1O)c1cn[nH]c1-c1ccc2c(c1)OCO2. The van der Waals surface area contributed by atoms with Gasteiger partial charge in [0.1, 0.15) is 5.75 Å². The predicted molar refractivity (Wildman–Crippen MR) is 93.9 cm³/mol. The van der Waals surface area contributed by atoms with Crippen LogP contribution >= 0.6 is 15.9 Å². The summed E-state index contributed by atoms with van der Waals surface area (Å²) in [4.78, 5) is 12.6. The number of fused-ring (bicyclic) bond motifs is 1. The summed E-state index contributed by atoms with van der Waals surface area (Å²) in [5.41, 5.74) is 1.95. The van der Waals surface area contributed by atoms with E-state index in [2.05, 4.69) is 31.4 Å². The molecule has 4 rings (SSSR count). The molecule has 25 heavy (non-hydrogen) atoms. The van der Waals surface area contributed by atoms with Gasteiger partial charge in [0.2, 0.25) is 6.79 Å². The number of aromatic hydroxyl groups is 1. The third kappa shape index (κ3) is 2.91. The molecule has 0 fully saturated rings. The number of H-pyrrole nitrogens is 1. The molecule has 1 aliphatic rings. The smallest absolute Gasteiger partial charge is 0.259 e. The van der Waals surface area contributed by atoms with Crippen LogP contribution < -0.4 is 14.8 Å². The number of hydrogen-bond acceptors (Lipinski definition) is 5. The Morgan fingerprint density at radius 3 is 2.88 bits per heavy atom. The Bertz CT molecular complexity index is 970. The van der Waals surface area contributed by atoms with E-state index in [0.29, 0.717) is 32.9 Å². The van der Waals surface area contributed by atoms with Gasteiger partial charge < -0.3 is 19.9 Å². The third-order valence-corrected chi connectivity index (χ3v) is 4.25. The van der Waals surface area contributed by atoms with Crippen LogP contribution in [-0.4, -0.2) is 28.0 Å². The van der Waals surface area contributed by atoms with Gasteiger partial charge >= 0.3 is 0 Å². The van der Waals surface area contributed by atoms with Gasteiger partial charge in [0.15, 0.2) is 11.5 Å². The number of benzene rings is 2. The number of amides is 1. The van der Waals surface area contributed by atoms with E-state index < -0.39 is 0 Å². The Morgan fingerprint density at radius 1 is 1.20 bits per heavy atom. The van der Waals surface area contributed by atoms with E-state index in [1.165, 1.54) is 12.3 Å². The van der Waals surface area contributed by atoms with Gasteiger partial charge in [-0.15, -0.1) is 0 Å². The van der Waals surface area contributed by atoms with Gasteiger partial charge in [-0.05, 0) is 36.4 Å². The zero-order valence-corrected chi connectivity index (χ0v) is 14.3. The molecule has 0 radical (unpaired) electrons. The van der Waals surface area contributed by atoms with Crippen molar-refractivity contribution in [1.29, 1.82) is 0 Å². The summed E-state index contributed by atoms with van der Waals surface area (Å²) in [5, 5.41) is 19.4. The molecule has 0 saturated carbocycles. The number of carbonyl (C=O) groups excluding carboxylic acids is 1. The summed E-state index contributed by atoms with van der Waals surface area (Å²) >= 11 is 3.26. The van der Waals surface area contributed by atoms with Gasteiger partial charge in [0.05, 0.1) is 23.1 Å². The van der Waals surface area contributed by atoms with Crippen molar-refractivity contribution in [3.8, 4) is 28.5 Å². The van der Waals surface area contributed by atoms with E-state index >= 15 is 0 Å². The number of halogens is 1. The molecule has 126 valence electrons. The average Bonchev–Trinajstić information content (AvgIpc) is 3.25. The van der Waals surface area contributed by atoms with Crippen molar-refractivity contribution in [1.82, 2.24) is 10.2 Å². The number of nitrogens with one attached hydrogen (secondary N) is 2. The van der Waals surface area contributed by atoms with Gasteiger partial charge in [-0.1, -0.05) is 15.9 Å². The molecule has 0 unspecified atom stereocenters. The van der Waals surface area contributed by atoms with Gasteiger partial charge in [-0.2, -0.15) is 5.10 Å². The van der Waals surface area contributed by atoms with Crippen LogP contribution in [0.4, 0.5) is 5.69 Å². The first-order valence-corrected chi connectivity index (χ1v) is 8.14. The first-order valence-electron chi connectivity index (χ1n) is 7.35. The number of hydrogen-bond donors (Lipinski definition) is 3. The third-order valence-electron chi connectivity index (χ3n) is 3.75. The van der Waals surface area contributed by atoms with Gasteiger partial charge in [0.25, 0.3) is 5.91 Å². The maximum atomic E-state index is 12.6. The molecule has 0 spiro atoms. The summed E-state index contributed by atoms with van der Waals surface area (Å²) in [6.45, 7) is 0.179. The highest BCUT2D eigenvalue weighted by Gasteiger charge is 2.20. The maximum absolute atomic E-state index is 12.6. The summed E-state index contributed by atoms with van der Waals surface area (Å²) in [7, 11) is 0. The monoisotopic (exact) mass is 401 g/mol. The number of ether oxygens (including phenoxy) is 2. The molecule has 8 heteroatoms. The summed E-state index contributed by atoms with van der Waals surface area (Å²) in [6.07, 6.45) is 1.44. The normalized spacial score (nSPS) is 12.2. The van der Waals surface area contributed by atoms with Crippen molar-refractivity contribution < 1.29 is 19.4 Å².